The molecule has 0 heterocycles. The Morgan fingerprint density at radius 3 is 2.36 bits per heavy atom. The van der Waals surface area contributed by atoms with Crippen molar-refractivity contribution in [2.45, 2.75) is 27.7 Å². The molecule has 64 valence electrons. The van der Waals surface area contributed by atoms with Crippen LogP contribution in [0.4, 0.5) is 0 Å². The molecule has 0 saturated heterocycles. The highest BCUT2D eigenvalue weighted by atomic mass is 16.6. The minimum atomic E-state index is -0.00898. The zero-order valence-electron chi connectivity index (χ0n) is 7.55. The van der Waals surface area contributed by atoms with Crippen molar-refractivity contribution >= 4 is 11.5 Å². The molecule has 0 aromatic rings. The highest BCUT2D eigenvalue weighted by Crippen LogP contribution is 1.96. The first-order valence-electron chi connectivity index (χ1n) is 3.70. The Balaban J connectivity index is 3.65. The van der Waals surface area contributed by atoms with Crippen LogP contribution in [0.5, 0.6) is 0 Å². The van der Waals surface area contributed by atoms with E-state index in [1.165, 1.54) is 6.92 Å². The molecule has 0 rings (SSSR count). The van der Waals surface area contributed by atoms with Gasteiger partial charge in [0.2, 0.25) is 0 Å². The average Bonchev–Trinajstić information content (AvgIpc) is 1.86. The molecule has 0 radical (unpaired) electrons. The van der Waals surface area contributed by atoms with Crippen molar-refractivity contribution in [2.24, 2.45) is 11.1 Å². The molecule has 0 saturated carbocycles. The summed E-state index contributed by atoms with van der Waals surface area (Å²) in [6.07, 6.45) is 0. The summed E-state index contributed by atoms with van der Waals surface area (Å²) in [4.78, 5) is 15.2. The number of nitrogens with zero attached hydrogens (tertiary/aromatic N) is 1. The highest BCUT2D eigenvalue weighted by molar-refractivity contribution is 5.83. The van der Waals surface area contributed by atoms with Gasteiger partial charge in [0, 0.05) is 0 Å². The van der Waals surface area contributed by atoms with Crippen LogP contribution >= 0.6 is 0 Å². The second-order valence-electron chi connectivity index (χ2n) is 2.86. The van der Waals surface area contributed by atoms with Gasteiger partial charge in [-0.15, -0.1) is 0 Å². The Labute approximate surface area is 67.4 Å². The average molecular weight is 157 g/mol. The third-order valence-corrected chi connectivity index (χ3v) is 1.31. The molecule has 0 bridgehead atoms. The number of oxime groups is 1. The molecule has 0 spiro atoms. The van der Waals surface area contributed by atoms with Crippen LogP contribution in [0.2, 0.25) is 0 Å². The number of hydrogen-bond acceptors (Lipinski definition) is 3. The molecule has 0 aromatic carbocycles. The maximum absolute atomic E-state index is 10.4. The Bertz CT molecular complexity index is 161. The van der Waals surface area contributed by atoms with Crippen molar-refractivity contribution < 1.29 is 9.63 Å². The van der Waals surface area contributed by atoms with Crippen molar-refractivity contribution in [3.05, 3.63) is 0 Å². The van der Waals surface area contributed by atoms with Crippen molar-refractivity contribution in [2.75, 3.05) is 6.61 Å². The molecule has 0 unspecified atom stereocenters. The summed E-state index contributed by atoms with van der Waals surface area (Å²) in [7, 11) is 0. The third kappa shape index (κ3) is 5.58. The molecule has 0 aromatic heterocycles. The molecule has 0 aliphatic carbocycles. The van der Waals surface area contributed by atoms with Crippen LogP contribution in [0.25, 0.3) is 0 Å². The Morgan fingerprint density at radius 2 is 2.00 bits per heavy atom. The van der Waals surface area contributed by atoms with Gasteiger partial charge in [0.05, 0.1) is 5.71 Å². The van der Waals surface area contributed by atoms with Crippen molar-refractivity contribution in [3.63, 3.8) is 0 Å². The van der Waals surface area contributed by atoms with E-state index in [9.17, 15) is 4.79 Å². The molecular formula is C8H15NO2. The fourth-order valence-electron chi connectivity index (χ4n) is 0.330. The lowest BCUT2D eigenvalue weighted by atomic mass is 10.1. The van der Waals surface area contributed by atoms with Gasteiger partial charge in [0.25, 0.3) is 0 Å². The minimum Gasteiger partial charge on any atom is -0.388 e. The lowest BCUT2D eigenvalue weighted by Gasteiger charge is -2.02. The SMILES string of the molecule is CC(=O)CO/N=C(\C)C(C)C. The number of carbonyl (C=O) groups excluding carboxylic acids is 1. The monoisotopic (exact) mass is 157 g/mol. The second-order valence-corrected chi connectivity index (χ2v) is 2.86. The van der Waals surface area contributed by atoms with Crippen molar-refractivity contribution in [3.8, 4) is 0 Å². The van der Waals surface area contributed by atoms with Crippen LogP contribution in [-0.2, 0) is 9.63 Å². The highest BCUT2D eigenvalue weighted by Gasteiger charge is 1.98. The summed E-state index contributed by atoms with van der Waals surface area (Å²) >= 11 is 0. The maximum atomic E-state index is 10.4. The van der Waals surface area contributed by atoms with Gasteiger partial charge >= 0.3 is 0 Å². The summed E-state index contributed by atoms with van der Waals surface area (Å²) in [6, 6.07) is 0. The normalized spacial score (nSPS) is 11.9. The Morgan fingerprint density at radius 1 is 1.45 bits per heavy atom. The lowest BCUT2D eigenvalue weighted by Crippen LogP contribution is -2.05. The predicted octanol–water partition coefficient (Wildman–Crippen LogP) is 1.62. The fourth-order valence-corrected chi connectivity index (χ4v) is 0.330. The number of hydrogen-bond donors (Lipinski definition) is 0. The van der Waals surface area contributed by atoms with Gasteiger partial charge in [-0.1, -0.05) is 19.0 Å². The molecule has 0 N–H and O–H groups in total. The van der Waals surface area contributed by atoms with Gasteiger partial charge in [0.15, 0.2) is 12.4 Å². The van der Waals surface area contributed by atoms with E-state index in [-0.39, 0.29) is 12.4 Å². The molecule has 0 fully saturated rings. The van der Waals surface area contributed by atoms with E-state index in [4.69, 9.17) is 4.84 Å². The first-order chi connectivity index (χ1) is 5.04. The van der Waals surface area contributed by atoms with Crippen LogP contribution in [0.15, 0.2) is 5.16 Å². The fraction of sp³-hybridized carbons (Fsp3) is 0.750. The number of ketones is 1. The zero-order chi connectivity index (χ0) is 8.85. The lowest BCUT2D eigenvalue weighted by molar-refractivity contribution is -0.121. The van der Waals surface area contributed by atoms with Gasteiger partial charge in [-0.25, -0.2) is 0 Å². The minimum absolute atomic E-state index is 0.00898. The van der Waals surface area contributed by atoms with E-state index in [0.717, 1.165) is 5.71 Å². The van der Waals surface area contributed by atoms with Gasteiger partial charge in [0.1, 0.15) is 0 Å². The van der Waals surface area contributed by atoms with Crippen LogP contribution in [-0.4, -0.2) is 18.1 Å². The van der Waals surface area contributed by atoms with E-state index >= 15 is 0 Å². The summed E-state index contributed by atoms with van der Waals surface area (Å²) in [5.41, 5.74) is 0.909. The third-order valence-electron chi connectivity index (χ3n) is 1.31. The molecular weight excluding hydrogens is 142 g/mol. The summed E-state index contributed by atoms with van der Waals surface area (Å²) < 4.78 is 0. The standard InChI is InChI=1S/C8H15NO2/c1-6(2)8(4)9-11-5-7(3)10/h6H,5H2,1-4H3/b9-8+. The van der Waals surface area contributed by atoms with Gasteiger partial charge in [-0.05, 0) is 19.8 Å². The summed E-state index contributed by atoms with van der Waals surface area (Å²) in [6.45, 7) is 7.47. The van der Waals surface area contributed by atoms with Crippen LogP contribution < -0.4 is 0 Å². The van der Waals surface area contributed by atoms with Gasteiger partial charge in [-0.2, -0.15) is 0 Å². The van der Waals surface area contributed by atoms with E-state index in [1.807, 2.05) is 20.8 Å². The second kappa shape index (κ2) is 4.88. The molecule has 0 amide bonds. The molecule has 0 atom stereocenters. The predicted molar refractivity (Wildman–Crippen MR) is 44.6 cm³/mol. The van der Waals surface area contributed by atoms with E-state index in [1.54, 1.807) is 0 Å². The number of Topliss-reactive ketones (excluding diaryl/α,β-unsaturated/α-hetero) is 1. The zero-order valence-corrected chi connectivity index (χ0v) is 7.55. The molecule has 3 nitrogen and oxygen atoms in total. The summed E-state index contributed by atoms with van der Waals surface area (Å²) in [5, 5.41) is 3.76. The van der Waals surface area contributed by atoms with E-state index in [2.05, 4.69) is 5.16 Å². The Kier molecular flexibility index (Phi) is 4.50. The van der Waals surface area contributed by atoms with Crippen LogP contribution in [0.1, 0.15) is 27.7 Å². The molecule has 0 aliphatic rings. The van der Waals surface area contributed by atoms with Gasteiger partial charge < -0.3 is 4.84 Å². The van der Waals surface area contributed by atoms with E-state index < -0.39 is 0 Å². The number of carbonyl (C=O) groups is 1. The largest absolute Gasteiger partial charge is 0.388 e. The molecule has 0 aliphatic heterocycles. The van der Waals surface area contributed by atoms with Crippen LogP contribution in [0.3, 0.4) is 0 Å². The molecule has 11 heavy (non-hydrogen) atoms. The smallest absolute Gasteiger partial charge is 0.174 e. The van der Waals surface area contributed by atoms with Crippen LogP contribution in [0, 0.1) is 5.92 Å². The van der Waals surface area contributed by atoms with E-state index in [0.29, 0.717) is 5.92 Å². The quantitative estimate of drug-likeness (QED) is 0.459. The molecule has 3 heteroatoms. The topological polar surface area (TPSA) is 38.7 Å². The van der Waals surface area contributed by atoms with Crippen molar-refractivity contribution in [1.82, 2.24) is 0 Å². The first-order valence-corrected chi connectivity index (χ1v) is 3.70. The number of rotatable bonds is 4. The van der Waals surface area contributed by atoms with Crippen molar-refractivity contribution in [1.29, 1.82) is 0 Å². The maximum Gasteiger partial charge on any atom is 0.174 e. The van der Waals surface area contributed by atoms with Gasteiger partial charge in [-0.3, -0.25) is 4.79 Å². The summed E-state index contributed by atoms with van der Waals surface area (Å²) in [5.74, 6) is 0.368. The first kappa shape index (κ1) is 10.1. The Hall–Kier alpha value is -0.860.